The molecular formula is C15H14ClFO2. The maximum absolute atomic E-state index is 13.6. The smallest absolute Gasteiger partial charge is 0.132 e. The normalized spacial score (nSPS) is 12.2. The second kappa shape index (κ2) is 6.04. The van der Waals surface area contributed by atoms with E-state index < -0.39 is 11.9 Å². The van der Waals surface area contributed by atoms with Crippen molar-refractivity contribution in [1.82, 2.24) is 0 Å². The molecule has 0 saturated heterocycles. The summed E-state index contributed by atoms with van der Waals surface area (Å²) in [4.78, 5) is 0. The van der Waals surface area contributed by atoms with Crippen LogP contribution < -0.4 is 4.74 Å². The summed E-state index contributed by atoms with van der Waals surface area (Å²) in [5.74, 6) is -0.0551. The van der Waals surface area contributed by atoms with Crippen molar-refractivity contribution in [2.75, 3.05) is 0 Å². The Morgan fingerprint density at radius 3 is 2.68 bits per heavy atom. The molecule has 0 aromatic heterocycles. The fraction of sp³-hybridized carbons (Fsp3) is 0.200. The van der Waals surface area contributed by atoms with E-state index in [-0.39, 0.29) is 5.56 Å². The Kier molecular flexibility index (Phi) is 4.40. The summed E-state index contributed by atoms with van der Waals surface area (Å²) in [7, 11) is 0. The summed E-state index contributed by atoms with van der Waals surface area (Å²) in [5, 5.41) is 9.97. The number of benzene rings is 2. The molecule has 2 rings (SSSR count). The predicted octanol–water partition coefficient (Wildman–Crippen LogP) is 4.11. The van der Waals surface area contributed by atoms with Crippen molar-refractivity contribution in [1.29, 1.82) is 0 Å². The number of hydrogen-bond acceptors (Lipinski definition) is 2. The largest absolute Gasteiger partial charge is 0.489 e. The lowest BCUT2D eigenvalue weighted by Gasteiger charge is -2.10. The zero-order valence-corrected chi connectivity index (χ0v) is 11.2. The van der Waals surface area contributed by atoms with Gasteiger partial charge in [0.25, 0.3) is 0 Å². The van der Waals surface area contributed by atoms with E-state index in [4.69, 9.17) is 16.3 Å². The van der Waals surface area contributed by atoms with Gasteiger partial charge in [0, 0.05) is 16.7 Å². The van der Waals surface area contributed by atoms with Crippen LogP contribution in [-0.2, 0) is 6.61 Å². The lowest BCUT2D eigenvalue weighted by Crippen LogP contribution is -1.99. The summed E-state index contributed by atoms with van der Waals surface area (Å²) < 4.78 is 19.1. The third-order valence-electron chi connectivity index (χ3n) is 2.72. The van der Waals surface area contributed by atoms with Gasteiger partial charge in [-0.1, -0.05) is 23.7 Å². The van der Waals surface area contributed by atoms with E-state index in [1.165, 1.54) is 19.1 Å². The summed E-state index contributed by atoms with van der Waals surface area (Å²) in [6.45, 7) is 1.83. The Hall–Kier alpha value is -1.58. The van der Waals surface area contributed by atoms with Crippen LogP contribution in [0.15, 0.2) is 42.5 Å². The van der Waals surface area contributed by atoms with Gasteiger partial charge in [-0.2, -0.15) is 0 Å². The van der Waals surface area contributed by atoms with Gasteiger partial charge in [-0.15, -0.1) is 0 Å². The summed E-state index contributed by atoms with van der Waals surface area (Å²) in [6.07, 6.45) is -0.832. The minimum absolute atomic E-state index is 0.259. The lowest BCUT2D eigenvalue weighted by molar-refractivity contribution is 0.194. The Morgan fingerprint density at radius 1 is 1.26 bits per heavy atom. The molecule has 0 amide bonds. The molecule has 2 nitrogen and oxygen atoms in total. The highest BCUT2D eigenvalue weighted by atomic mass is 35.5. The van der Waals surface area contributed by atoms with Crippen molar-refractivity contribution in [2.24, 2.45) is 0 Å². The van der Waals surface area contributed by atoms with Crippen LogP contribution in [-0.4, -0.2) is 5.11 Å². The first-order valence-corrected chi connectivity index (χ1v) is 6.29. The van der Waals surface area contributed by atoms with Crippen molar-refractivity contribution in [3.05, 3.63) is 64.4 Å². The average Bonchev–Trinajstić information content (AvgIpc) is 2.36. The van der Waals surface area contributed by atoms with Crippen molar-refractivity contribution >= 4 is 11.6 Å². The van der Waals surface area contributed by atoms with Gasteiger partial charge in [0.1, 0.15) is 18.2 Å². The number of halogens is 2. The molecule has 0 aliphatic heterocycles. The van der Waals surface area contributed by atoms with Crippen LogP contribution in [0.2, 0.25) is 5.02 Å². The molecule has 100 valence electrons. The minimum Gasteiger partial charge on any atom is -0.489 e. The van der Waals surface area contributed by atoms with Gasteiger partial charge >= 0.3 is 0 Å². The number of aliphatic hydroxyl groups excluding tert-OH is 1. The van der Waals surface area contributed by atoms with Crippen molar-refractivity contribution in [3.8, 4) is 5.75 Å². The molecule has 0 aliphatic rings. The zero-order chi connectivity index (χ0) is 13.8. The first-order chi connectivity index (χ1) is 9.06. The van der Waals surface area contributed by atoms with E-state index >= 15 is 0 Å². The monoisotopic (exact) mass is 280 g/mol. The Labute approximate surface area is 116 Å². The lowest BCUT2D eigenvalue weighted by atomic mass is 10.1. The van der Waals surface area contributed by atoms with Crippen LogP contribution in [0.3, 0.4) is 0 Å². The van der Waals surface area contributed by atoms with Gasteiger partial charge in [0.05, 0.1) is 6.10 Å². The second-order valence-corrected chi connectivity index (χ2v) is 4.71. The van der Waals surface area contributed by atoms with Crippen LogP contribution in [0.5, 0.6) is 5.75 Å². The fourth-order valence-electron chi connectivity index (χ4n) is 1.73. The van der Waals surface area contributed by atoms with Crippen LogP contribution in [0.1, 0.15) is 24.2 Å². The van der Waals surface area contributed by atoms with Crippen LogP contribution in [0.25, 0.3) is 0 Å². The van der Waals surface area contributed by atoms with Crippen molar-refractivity contribution < 1.29 is 14.2 Å². The molecule has 2 aromatic rings. The maximum Gasteiger partial charge on any atom is 0.132 e. The quantitative estimate of drug-likeness (QED) is 0.913. The molecule has 19 heavy (non-hydrogen) atoms. The molecule has 4 heteroatoms. The highest BCUT2D eigenvalue weighted by Gasteiger charge is 2.09. The van der Waals surface area contributed by atoms with Crippen LogP contribution in [0.4, 0.5) is 4.39 Å². The standard InChI is InChI=1S/C15H14ClFO2/c1-10(18)14-6-5-13(8-15(14)17)19-9-11-3-2-4-12(16)7-11/h2-8,10,18H,9H2,1H3/t10-/m1/s1. The van der Waals surface area contributed by atoms with Gasteiger partial charge in [0.15, 0.2) is 0 Å². The molecule has 0 saturated carbocycles. The molecule has 0 unspecified atom stereocenters. The first kappa shape index (κ1) is 13.8. The molecule has 0 radical (unpaired) electrons. The Morgan fingerprint density at radius 2 is 2.05 bits per heavy atom. The fourth-order valence-corrected chi connectivity index (χ4v) is 1.94. The van der Waals surface area contributed by atoms with Crippen LogP contribution in [0, 0.1) is 5.82 Å². The highest BCUT2D eigenvalue weighted by molar-refractivity contribution is 6.30. The molecular weight excluding hydrogens is 267 g/mol. The average molecular weight is 281 g/mol. The molecule has 2 aromatic carbocycles. The molecule has 1 atom stereocenters. The van der Waals surface area contributed by atoms with E-state index in [2.05, 4.69) is 0 Å². The van der Waals surface area contributed by atoms with Crippen molar-refractivity contribution in [3.63, 3.8) is 0 Å². The summed E-state index contributed by atoms with van der Waals surface area (Å²) in [5.41, 5.74) is 1.17. The molecule has 1 N–H and O–H groups in total. The van der Waals surface area contributed by atoms with Crippen molar-refractivity contribution in [2.45, 2.75) is 19.6 Å². The summed E-state index contributed by atoms with van der Waals surface area (Å²) in [6, 6.07) is 11.7. The number of hydrogen-bond donors (Lipinski definition) is 1. The van der Waals surface area contributed by atoms with E-state index in [9.17, 15) is 9.50 Å². The van der Waals surface area contributed by atoms with E-state index in [0.29, 0.717) is 17.4 Å². The number of ether oxygens (including phenoxy) is 1. The second-order valence-electron chi connectivity index (χ2n) is 4.28. The number of rotatable bonds is 4. The van der Waals surface area contributed by atoms with E-state index in [1.54, 1.807) is 18.2 Å². The minimum atomic E-state index is -0.832. The van der Waals surface area contributed by atoms with Gasteiger partial charge < -0.3 is 9.84 Å². The Balaban J connectivity index is 2.06. The molecule has 0 aliphatic carbocycles. The molecule has 0 spiro atoms. The summed E-state index contributed by atoms with van der Waals surface area (Å²) >= 11 is 5.86. The predicted molar refractivity (Wildman–Crippen MR) is 72.8 cm³/mol. The highest BCUT2D eigenvalue weighted by Crippen LogP contribution is 2.22. The molecule has 0 heterocycles. The first-order valence-electron chi connectivity index (χ1n) is 5.91. The number of aliphatic hydroxyl groups is 1. The van der Waals surface area contributed by atoms with E-state index in [1.807, 2.05) is 12.1 Å². The van der Waals surface area contributed by atoms with E-state index in [0.717, 1.165) is 5.56 Å². The SMILES string of the molecule is C[C@@H](O)c1ccc(OCc2cccc(Cl)c2)cc1F. The maximum atomic E-state index is 13.6. The Bertz CT molecular complexity index is 570. The molecule has 0 bridgehead atoms. The topological polar surface area (TPSA) is 29.5 Å². The third kappa shape index (κ3) is 3.69. The zero-order valence-electron chi connectivity index (χ0n) is 10.4. The van der Waals surface area contributed by atoms with Gasteiger partial charge in [-0.3, -0.25) is 0 Å². The van der Waals surface area contributed by atoms with Gasteiger partial charge in [0.2, 0.25) is 0 Å². The molecule has 0 fully saturated rings. The van der Waals surface area contributed by atoms with Crippen LogP contribution >= 0.6 is 11.6 Å². The van der Waals surface area contributed by atoms with Gasteiger partial charge in [-0.05, 0) is 36.8 Å². The third-order valence-corrected chi connectivity index (χ3v) is 2.95. The van der Waals surface area contributed by atoms with Gasteiger partial charge in [-0.25, -0.2) is 4.39 Å².